The number of hydrogen-bond acceptors (Lipinski definition) is 5. The highest BCUT2D eigenvalue weighted by molar-refractivity contribution is 7.13. The lowest BCUT2D eigenvalue weighted by Gasteiger charge is -2.41. The van der Waals surface area contributed by atoms with Crippen molar-refractivity contribution in [3.63, 3.8) is 0 Å². The molecule has 3 aromatic rings. The zero-order chi connectivity index (χ0) is 21.0. The molecule has 4 rings (SSSR count). The van der Waals surface area contributed by atoms with Gasteiger partial charge in [0.15, 0.2) is 0 Å². The van der Waals surface area contributed by atoms with E-state index in [4.69, 9.17) is 0 Å². The monoisotopic (exact) mass is 420 g/mol. The average molecular weight is 421 g/mol. The molecule has 1 fully saturated rings. The van der Waals surface area contributed by atoms with Crippen LogP contribution in [-0.4, -0.2) is 46.8 Å². The highest BCUT2D eigenvalue weighted by Gasteiger charge is 2.43. The number of piperidine rings is 1. The van der Waals surface area contributed by atoms with Crippen LogP contribution in [0.25, 0.3) is 10.4 Å². The Morgan fingerprint density at radius 2 is 2.13 bits per heavy atom. The summed E-state index contributed by atoms with van der Waals surface area (Å²) < 4.78 is 0. The number of carbonyl (C=O) groups excluding carboxylic acids is 2. The van der Waals surface area contributed by atoms with Crippen LogP contribution in [0, 0.1) is 5.41 Å². The molecule has 1 saturated heterocycles. The van der Waals surface area contributed by atoms with Crippen molar-refractivity contribution in [1.29, 1.82) is 0 Å². The van der Waals surface area contributed by atoms with Gasteiger partial charge in [-0.3, -0.25) is 14.6 Å². The van der Waals surface area contributed by atoms with E-state index in [0.717, 1.165) is 24.0 Å². The van der Waals surface area contributed by atoms with E-state index in [2.05, 4.69) is 44.9 Å². The number of aromatic nitrogens is 2. The van der Waals surface area contributed by atoms with Crippen LogP contribution in [-0.2, 0) is 11.2 Å². The average Bonchev–Trinajstić information content (AvgIpc) is 3.34. The number of rotatable bonds is 5. The molecule has 1 aliphatic rings. The van der Waals surface area contributed by atoms with Gasteiger partial charge in [0.05, 0.1) is 11.6 Å². The Balaban J connectivity index is 1.61. The van der Waals surface area contributed by atoms with Crippen LogP contribution < -0.4 is 5.32 Å². The van der Waals surface area contributed by atoms with Crippen LogP contribution in [0.5, 0.6) is 0 Å². The Bertz CT molecular complexity index is 1020. The molecule has 7 heteroatoms. The van der Waals surface area contributed by atoms with E-state index in [9.17, 15) is 9.59 Å². The standard InChI is InChI=1S/C23H24N4O2S/c1-24-22(29)23(14-17-5-2-6-18(13-17)20-7-3-12-30-20)8-4-11-27(16-23)21(28)19-15-25-9-10-26-19/h2-3,5-7,9-10,12-13,15H,4,8,11,14,16H2,1H3,(H,24,29)/t23-/m1/s1. The summed E-state index contributed by atoms with van der Waals surface area (Å²) in [5.74, 6) is -0.205. The third-order valence-corrected chi connectivity index (χ3v) is 6.55. The number of nitrogens with one attached hydrogen (secondary N) is 1. The van der Waals surface area contributed by atoms with Crippen molar-refractivity contribution in [3.05, 3.63) is 71.6 Å². The molecule has 1 aromatic carbocycles. The molecular weight excluding hydrogens is 396 g/mol. The largest absolute Gasteiger partial charge is 0.359 e. The third-order valence-electron chi connectivity index (χ3n) is 5.63. The summed E-state index contributed by atoms with van der Waals surface area (Å²) in [7, 11) is 1.66. The quantitative estimate of drug-likeness (QED) is 0.686. The molecule has 1 atom stereocenters. The van der Waals surface area contributed by atoms with Crippen LogP contribution in [0.1, 0.15) is 28.9 Å². The molecule has 154 valence electrons. The van der Waals surface area contributed by atoms with Gasteiger partial charge in [0.25, 0.3) is 5.91 Å². The van der Waals surface area contributed by atoms with Gasteiger partial charge in [0.2, 0.25) is 5.91 Å². The number of hydrogen-bond donors (Lipinski definition) is 1. The van der Waals surface area contributed by atoms with E-state index in [1.54, 1.807) is 29.5 Å². The van der Waals surface area contributed by atoms with Crippen molar-refractivity contribution in [2.75, 3.05) is 20.1 Å². The van der Waals surface area contributed by atoms with Crippen LogP contribution in [0.2, 0.25) is 0 Å². The fraction of sp³-hybridized carbons (Fsp3) is 0.304. The second kappa shape index (κ2) is 8.75. The first-order valence-corrected chi connectivity index (χ1v) is 10.9. The molecule has 3 heterocycles. The maximum absolute atomic E-state index is 13.0. The minimum absolute atomic E-state index is 0.0272. The van der Waals surface area contributed by atoms with Gasteiger partial charge >= 0.3 is 0 Å². The maximum atomic E-state index is 13.0. The van der Waals surface area contributed by atoms with E-state index >= 15 is 0 Å². The van der Waals surface area contributed by atoms with Crippen molar-refractivity contribution in [2.24, 2.45) is 5.41 Å². The molecule has 1 aliphatic heterocycles. The summed E-state index contributed by atoms with van der Waals surface area (Å²) >= 11 is 1.70. The van der Waals surface area contributed by atoms with Crippen LogP contribution >= 0.6 is 11.3 Å². The Morgan fingerprint density at radius 1 is 1.23 bits per heavy atom. The maximum Gasteiger partial charge on any atom is 0.274 e. The van der Waals surface area contributed by atoms with Crippen molar-refractivity contribution >= 4 is 23.2 Å². The predicted molar refractivity (Wildman–Crippen MR) is 117 cm³/mol. The highest BCUT2D eigenvalue weighted by Crippen LogP contribution is 2.36. The van der Waals surface area contributed by atoms with Gasteiger partial charge in [-0.2, -0.15) is 0 Å². The van der Waals surface area contributed by atoms with E-state index < -0.39 is 5.41 Å². The Hall–Kier alpha value is -3.06. The summed E-state index contributed by atoms with van der Waals surface area (Å²) in [5, 5.41) is 4.90. The highest BCUT2D eigenvalue weighted by atomic mass is 32.1. The Labute approximate surface area is 180 Å². The topological polar surface area (TPSA) is 75.2 Å². The number of carbonyl (C=O) groups is 2. The summed E-state index contributed by atoms with van der Waals surface area (Å²) in [4.78, 5) is 37.1. The first-order valence-electron chi connectivity index (χ1n) is 10.0. The van der Waals surface area contributed by atoms with Crippen molar-refractivity contribution in [3.8, 4) is 10.4 Å². The van der Waals surface area contributed by atoms with Gasteiger partial charge in [-0.05, 0) is 41.8 Å². The first-order chi connectivity index (χ1) is 14.6. The lowest BCUT2D eigenvalue weighted by atomic mass is 9.74. The molecule has 2 aromatic heterocycles. The first kappa shape index (κ1) is 20.2. The molecule has 0 bridgehead atoms. The second-order valence-electron chi connectivity index (χ2n) is 7.63. The zero-order valence-corrected chi connectivity index (χ0v) is 17.7. The molecule has 0 aliphatic carbocycles. The van der Waals surface area contributed by atoms with Gasteiger partial charge in [-0.25, -0.2) is 4.98 Å². The minimum atomic E-state index is -0.668. The molecule has 0 spiro atoms. The third kappa shape index (κ3) is 4.11. The number of nitrogens with zero attached hydrogens (tertiary/aromatic N) is 3. The van der Waals surface area contributed by atoms with Crippen molar-refractivity contribution in [2.45, 2.75) is 19.3 Å². The lowest BCUT2D eigenvalue weighted by Crippen LogP contribution is -2.54. The van der Waals surface area contributed by atoms with E-state index in [1.165, 1.54) is 17.3 Å². The van der Waals surface area contributed by atoms with Crippen LogP contribution in [0.4, 0.5) is 0 Å². The number of amides is 2. The minimum Gasteiger partial charge on any atom is -0.359 e. The van der Waals surface area contributed by atoms with Crippen LogP contribution in [0.3, 0.4) is 0 Å². The van der Waals surface area contributed by atoms with Gasteiger partial charge in [0.1, 0.15) is 5.69 Å². The van der Waals surface area contributed by atoms with Gasteiger partial charge in [-0.1, -0.05) is 30.3 Å². The summed E-state index contributed by atoms with van der Waals surface area (Å²) in [6.07, 6.45) is 6.62. The molecule has 30 heavy (non-hydrogen) atoms. The fourth-order valence-corrected chi connectivity index (χ4v) is 4.94. The zero-order valence-electron chi connectivity index (χ0n) is 16.9. The molecule has 6 nitrogen and oxygen atoms in total. The second-order valence-corrected chi connectivity index (χ2v) is 8.58. The van der Waals surface area contributed by atoms with Gasteiger partial charge in [0, 0.05) is 37.4 Å². The number of benzene rings is 1. The number of likely N-dealkylation sites (tertiary alicyclic amines) is 1. The van der Waals surface area contributed by atoms with Crippen molar-refractivity contribution in [1.82, 2.24) is 20.2 Å². The van der Waals surface area contributed by atoms with E-state index in [1.807, 2.05) is 12.1 Å². The predicted octanol–water partition coefficient (Wildman–Crippen LogP) is 3.42. The van der Waals surface area contributed by atoms with Gasteiger partial charge in [-0.15, -0.1) is 11.3 Å². The summed E-state index contributed by atoms with van der Waals surface area (Å²) in [6.45, 7) is 0.981. The molecule has 0 saturated carbocycles. The molecule has 1 N–H and O–H groups in total. The van der Waals surface area contributed by atoms with Gasteiger partial charge < -0.3 is 10.2 Å². The van der Waals surface area contributed by atoms with Crippen LogP contribution in [0.15, 0.2) is 60.4 Å². The fourth-order valence-electron chi connectivity index (χ4n) is 4.22. The molecular formula is C23H24N4O2S. The molecule has 0 unspecified atom stereocenters. The number of thiophene rings is 1. The molecule has 2 amide bonds. The summed E-state index contributed by atoms with van der Waals surface area (Å²) in [6, 6.07) is 12.5. The smallest absolute Gasteiger partial charge is 0.274 e. The Morgan fingerprint density at radius 3 is 2.87 bits per heavy atom. The molecule has 0 radical (unpaired) electrons. The summed E-state index contributed by atoms with van der Waals surface area (Å²) in [5.41, 5.74) is 1.89. The van der Waals surface area contributed by atoms with E-state index in [-0.39, 0.29) is 11.8 Å². The SMILES string of the molecule is CNC(=O)[C@@]1(Cc2cccc(-c3cccs3)c2)CCCN(C(=O)c2cnccn2)C1. The lowest BCUT2D eigenvalue weighted by molar-refractivity contribution is -0.133. The van der Waals surface area contributed by atoms with Crippen molar-refractivity contribution < 1.29 is 9.59 Å². The Kier molecular flexibility index (Phi) is 5.90. The van der Waals surface area contributed by atoms with E-state index in [0.29, 0.717) is 25.2 Å². The normalized spacial score (nSPS) is 18.8.